The van der Waals surface area contributed by atoms with Gasteiger partial charge in [0.15, 0.2) is 0 Å². The fraction of sp³-hybridized carbons (Fsp3) is 0.562. The first-order valence-corrected chi connectivity index (χ1v) is 6.89. The number of methoxy groups -OCH3 is 1. The predicted molar refractivity (Wildman–Crippen MR) is 78.3 cm³/mol. The topological polar surface area (TPSA) is 52.3 Å². The van der Waals surface area contributed by atoms with Crippen LogP contribution >= 0.6 is 0 Å². The second-order valence-corrected chi connectivity index (χ2v) is 5.50. The second-order valence-electron chi connectivity index (χ2n) is 5.50. The fourth-order valence-electron chi connectivity index (χ4n) is 2.33. The lowest BCUT2D eigenvalue weighted by molar-refractivity contribution is -0.119. The summed E-state index contributed by atoms with van der Waals surface area (Å²) in [6, 6.07) is 7.67. The molecule has 0 saturated carbocycles. The Morgan fingerprint density at radius 1 is 1.37 bits per heavy atom. The molecule has 106 valence electrons. The molecular formula is C16H25NO2. The summed E-state index contributed by atoms with van der Waals surface area (Å²) in [7, 11) is 1.63. The van der Waals surface area contributed by atoms with Crippen LogP contribution in [-0.2, 0) is 11.2 Å². The van der Waals surface area contributed by atoms with Crippen molar-refractivity contribution in [2.24, 2.45) is 17.6 Å². The maximum Gasteiger partial charge on any atom is 0.137 e. The van der Waals surface area contributed by atoms with Crippen molar-refractivity contribution >= 4 is 5.78 Å². The summed E-state index contributed by atoms with van der Waals surface area (Å²) >= 11 is 0. The Kier molecular flexibility index (Phi) is 6.57. The van der Waals surface area contributed by atoms with E-state index in [0.29, 0.717) is 31.2 Å². The lowest BCUT2D eigenvalue weighted by Crippen LogP contribution is -2.20. The first-order chi connectivity index (χ1) is 9.05. The molecule has 1 atom stereocenters. The summed E-state index contributed by atoms with van der Waals surface area (Å²) in [6.45, 7) is 4.91. The molecule has 0 fully saturated rings. The van der Waals surface area contributed by atoms with Crippen LogP contribution in [-0.4, -0.2) is 19.4 Å². The first kappa shape index (κ1) is 15.7. The van der Waals surface area contributed by atoms with E-state index in [4.69, 9.17) is 10.5 Å². The third-order valence-corrected chi connectivity index (χ3v) is 3.19. The quantitative estimate of drug-likeness (QED) is 0.784. The molecule has 0 aliphatic rings. The molecule has 0 radical (unpaired) electrons. The van der Waals surface area contributed by atoms with Gasteiger partial charge >= 0.3 is 0 Å². The molecule has 3 heteroatoms. The number of hydrogen-bond acceptors (Lipinski definition) is 3. The van der Waals surface area contributed by atoms with Crippen molar-refractivity contribution in [3.05, 3.63) is 29.8 Å². The van der Waals surface area contributed by atoms with Gasteiger partial charge in [0.25, 0.3) is 0 Å². The van der Waals surface area contributed by atoms with Crippen LogP contribution < -0.4 is 10.5 Å². The molecule has 1 aromatic rings. The van der Waals surface area contributed by atoms with Crippen LogP contribution in [0.4, 0.5) is 0 Å². The van der Waals surface area contributed by atoms with Gasteiger partial charge in [0.1, 0.15) is 11.5 Å². The van der Waals surface area contributed by atoms with Gasteiger partial charge in [-0.1, -0.05) is 26.0 Å². The van der Waals surface area contributed by atoms with Gasteiger partial charge in [0, 0.05) is 12.8 Å². The maximum absolute atomic E-state index is 12.1. The van der Waals surface area contributed by atoms with E-state index in [0.717, 1.165) is 17.7 Å². The molecule has 0 aliphatic heterocycles. The standard InChI is InChI=1S/C16H25NO2/c1-12(2)7-14(11-17)9-15(18)8-13-5-4-6-16(10-13)19-3/h4-6,10,12,14H,7-9,11,17H2,1-3H3. The number of ether oxygens (including phenoxy) is 1. The van der Waals surface area contributed by atoms with Crippen molar-refractivity contribution < 1.29 is 9.53 Å². The van der Waals surface area contributed by atoms with Gasteiger partial charge in [-0.25, -0.2) is 0 Å². The van der Waals surface area contributed by atoms with Crippen molar-refractivity contribution in [3.8, 4) is 5.75 Å². The summed E-state index contributed by atoms with van der Waals surface area (Å²) in [5.41, 5.74) is 6.74. The van der Waals surface area contributed by atoms with E-state index in [1.54, 1.807) is 7.11 Å². The van der Waals surface area contributed by atoms with E-state index in [1.165, 1.54) is 0 Å². The third kappa shape index (κ3) is 5.88. The number of rotatable bonds is 8. The van der Waals surface area contributed by atoms with Crippen molar-refractivity contribution in [1.29, 1.82) is 0 Å². The lowest BCUT2D eigenvalue weighted by atomic mass is 9.91. The average molecular weight is 263 g/mol. The van der Waals surface area contributed by atoms with Gasteiger partial charge in [0.2, 0.25) is 0 Å². The Morgan fingerprint density at radius 3 is 2.68 bits per heavy atom. The minimum absolute atomic E-state index is 0.254. The highest BCUT2D eigenvalue weighted by Gasteiger charge is 2.14. The predicted octanol–water partition coefficient (Wildman–Crippen LogP) is 2.82. The zero-order valence-corrected chi connectivity index (χ0v) is 12.2. The van der Waals surface area contributed by atoms with Crippen molar-refractivity contribution in [2.75, 3.05) is 13.7 Å². The summed E-state index contributed by atoms with van der Waals surface area (Å²) < 4.78 is 5.16. The van der Waals surface area contributed by atoms with Crippen molar-refractivity contribution in [2.45, 2.75) is 33.1 Å². The number of carbonyl (C=O) groups is 1. The Hall–Kier alpha value is -1.35. The third-order valence-electron chi connectivity index (χ3n) is 3.19. The van der Waals surface area contributed by atoms with Gasteiger partial charge in [-0.2, -0.15) is 0 Å². The largest absolute Gasteiger partial charge is 0.497 e. The first-order valence-electron chi connectivity index (χ1n) is 6.89. The summed E-state index contributed by atoms with van der Waals surface area (Å²) in [6.07, 6.45) is 2.05. The zero-order chi connectivity index (χ0) is 14.3. The van der Waals surface area contributed by atoms with Gasteiger partial charge < -0.3 is 10.5 Å². The highest BCUT2D eigenvalue weighted by molar-refractivity contribution is 5.81. The molecule has 0 saturated heterocycles. The average Bonchev–Trinajstić information content (AvgIpc) is 2.37. The van der Waals surface area contributed by atoms with E-state index >= 15 is 0 Å². The normalized spacial score (nSPS) is 12.5. The Morgan fingerprint density at radius 2 is 2.11 bits per heavy atom. The molecule has 2 N–H and O–H groups in total. The van der Waals surface area contributed by atoms with Crippen LogP contribution in [0.25, 0.3) is 0 Å². The second kappa shape index (κ2) is 7.95. The number of ketones is 1. The van der Waals surface area contributed by atoms with Crippen LogP contribution in [0.1, 0.15) is 32.3 Å². The van der Waals surface area contributed by atoms with Crippen LogP contribution in [0.2, 0.25) is 0 Å². The van der Waals surface area contributed by atoms with E-state index in [2.05, 4.69) is 13.8 Å². The van der Waals surface area contributed by atoms with Crippen LogP contribution in [0.5, 0.6) is 5.75 Å². The number of hydrogen-bond donors (Lipinski definition) is 1. The SMILES string of the molecule is COc1cccc(CC(=O)CC(CN)CC(C)C)c1. The van der Waals surface area contributed by atoms with Crippen LogP contribution in [0, 0.1) is 11.8 Å². The summed E-state index contributed by atoms with van der Waals surface area (Å²) in [5, 5.41) is 0. The van der Waals surface area contributed by atoms with E-state index in [1.807, 2.05) is 24.3 Å². The summed E-state index contributed by atoms with van der Waals surface area (Å²) in [4.78, 5) is 12.1. The van der Waals surface area contributed by atoms with Gasteiger partial charge in [-0.05, 0) is 42.5 Å². The van der Waals surface area contributed by atoms with Gasteiger partial charge in [-0.3, -0.25) is 4.79 Å². The molecule has 3 nitrogen and oxygen atoms in total. The van der Waals surface area contributed by atoms with E-state index in [9.17, 15) is 4.79 Å². The molecule has 0 aliphatic carbocycles. The van der Waals surface area contributed by atoms with E-state index in [-0.39, 0.29) is 5.78 Å². The number of benzene rings is 1. The van der Waals surface area contributed by atoms with Crippen LogP contribution in [0.15, 0.2) is 24.3 Å². The Bertz CT molecular complexity index is 401. The fourth-order valence-corrected chi connectivity index (χ4v) is 2.33. The van der Waals surface area contributed by atoms with E-state index < -0.39 is 0 Å². The Balaban J connectivity index is 2.53. The molecule has 1 aromatic carbocycles. The monoisotopic (exact) mass is 263 g/mol. The van der Waals surface area contributed by atoms with Crippen LogP contribution in [0.3, 0.4) is 0 Å². The minimum Gasteiger partial charge on any atom is -0.497 e. The smallest absolute Gasteiger partial charge is 0.137 e. The zero-order valence-electron chi connectivity index (χ0n) is 12.2. The molecule has 0 aromatic heterocycles. The molecular weight excluding hydrogens is 238 g/mol. The molecule has 0 amide bonds. The van der Waals surface area contributed by atoms with Crippen molar-refractivity contribution in [3.63, 3.8) is 0 Å². The number of carbonyl (C=O) groups excluding carboxylic acids is 1. The van der Waals surface area contributed by atoms with Crippen molar-refractivity contribution in [1.82, 2.24) is 0 Å². The minimum atomic E-state index is 0.254. The molecule has 19 heavy (non-hydrogen) atoms. The van der Waals surface area contributed by atoms with Gasteiger partial charge in [0.05, 0.1) is 7.11 Å². The molecule has 0 heterocycles. The Labute approximate surface area is 116 Å². The number of Topliss-reactive ketones (excluding diaryl/α,β-unsaturated/α-hetero) is 1. The molecule has 0 bridgehead atoms. The maximum atomic E-state index is 12.1. The summed E-state index contributed by atoms with van der Waals surface area (Å²) in [5.74, 6) is 1.93. The van der Waals surface area contributed by atoms with Gasteiger partial charge in [-0.15, -0.1) is 0 Å². The number of nitrogens with two attached hydrogens (primary N) is 1. The highest BCUT2D eigenvalue weighted by Crippen LogP contribution is 2.17. The molecule has 0 spiro atoms. The lowest BCUT2D eigenvalue weighted by Gasteiger charge is -2.16. The highest BCUT2D eigenvalue weighted by atomic mass is 16.5. The molecule has 1 rings (SSSR count). The molecule has 1 unspecified atom stereocenters.